The molecule has 0 spiro atoms. The minimum absolute atomic E-state index is 0.185. The van der Waals surface area contributed by atoms with E-state index in [0.29, 0.717) is 12.5 Å². The smallest absolute Gasteiger partial charge is 0.227 e. The van der Waals surface area contributed by atoms with Gasteiger partial charge in [-0.3, -0.25) is 4.79 Å². The van der Waals surface area contributed by atoms with Crippen LogP contribution in [0.15, 0.2) is 24.8 Å². The maximum Gasteiger partial charge on any atom is 0.227 e. The van der Waals surface area contributed by atoms with Crippen molar-refractivity contribution in [3.05, 3.63) is 35.9 Å². The van der Waals surface area contributed by atoms with Crippen LogP contribution in [0.2, 0.25) is 0 Å². The fourth-order valence-corrected chi connectivity index (χ4v) is 2.63. The second kappa shape index (κ2) is 5.91. The van der Waals surface area contributed by atoms with Gasteiger partial charge in [0, 0.05) is 18.2 Å². The van der Waals surface area contributed by atoms with Gasteiger partial charge in [0.2, 0.25) is 5.91 Å². The Labute approximate surface area is 114 Å². The minimum Gasteiger partial charge on any atom is -0.496 e. The van der Waals surface area contributed by atoms with Crippen LogP contribution in [0.1, 0.15) is 30.9 Å². The lowest BCUT2D eigenvalue weighted by molar-refractivity contribution is -0.131. The second-order valence-electron chi connectivity index (χ2n) is 5.03. The molecule has 1 aliphatic rings. The Kier molecular flexibility index (Phi) is 4.25. The van der Waals surface area contributed by atoms with Crippen molar-refractivity contribution >= 4 is 12.0 Å². The molecule has 1 saturated heterocycles. The van der Waals surface area contributed by atoms with E-state index in [1.165, 1.54) is 0 Å². The van der Waals surface area contributed by atoms with Crippen LogP contribution in [-0.4, -0.2) is 30.5 Å². The molecule has 1 aliphatic heterocycles. The van der Waals surface area contributed by atoms with Crippen LogP contribution in [0.5, 0.6) is 5.75 Å². The molecule has 2 rings (SSSR count). The molecule has 0 radical (unpaired) electrons. The summed E-state index contributed by atoms with van der Waals surface area (Å²) in [6.45, 7) is 6.75. The first-order chi connectivity index (χ1) is 9.15. The highest BCUT2D eigenvalue weighted by atomic mass is 16.5. The molecule has 102 valence electrons. The van der Waals surface area contributed by atoms with E-state index in [1.807, 2.05) is 23.1 Å². The van der Waals surface area contributed by atoms with E-state index in [4.69, 9.17) is 4.74 Å². The Balaban J connectivity index is 2.17. The van der Waals surface area contributed by atoms with Gasteiger partial charge in [-0.05, 0) is 37.5 Å². The van der Waals surface area contributed by atoms with Crippen LogP contribution in [-0.2, 0) is 11.2 Å². The molecule has 1 atom stereocenters. The van der Waals surface area contributed by atoms with Gasteiger partial charge in [-0.15, -0.1) is 0 Å². The molecule has 1 aromatic rings. The number of amides is 1. The van der Waals surface area contributed by atoms with E-state index in [2.05, 4.69) is 13.5 Å². The molecule has 3 heteroatoms. The molecule has 0 N–H and O–H groups in total. The van der Waals surface area contributed by atoms with Gasteiger partial charge in [-0.25, -0.2) is 0 Å². The van der Waals surface area contributed by atoms with Crippen molar-refractivity contribution in [2.45, 2.75) is 32.2 Å². The van der Waals surface area contributed by atoms with Gasteiger partial charge >= 0.3 is 0 Å². The Bertz CT molecular complexity index is 482. The zero-order chi connectivity index (χ0) is 13.8. The molecule has 19 heavy (non-hydrogen) atoms. The molecule has 0 unspecified atom stereocenters. The van der Waals surface area contributed by atoms with Crippen LogP contribution in [0.25, 0.3) is 6.08 Å². The lowest BCUT2D eigenvalue weighted by Crippen LogP contribution is -2.34. The van der Waals surface area contributed by atoms with E-state index in [9.17, 15) is 4.79 Å². The highest BCUT2D eigenvalue weighted by molar-refractivity contribution is 5.80. The highest BCUT2D eigenvalue weighted by Gasteiger charge is 2.25. The molecule has 1 amide bonds. The molecule has 0 saturated carbocycles. The average molecular weight is 259 g/mol. The van der Waals surface area contributed by atoms with E-state index >= 15 is 0 Å². The van der Waals surface area contributed by atoms with Gasteiger partial charge in [-0.2, -0.15) is 0 Å². The molecule has 3 nitrogen and oxygen atoms in total. The molecular weight excluding hydrogens is 238 g/mol. The predicted octanol–water partition coefficient (Wildman–Crippen LogP) is 2.89. The van der Waals surface area contributed by atoms with Crippen LogP contribution in [0, 0.1) is 0 Å². The van der Waals surface area contributed by atoms with E-state index in [1.54, 1.807) is 13.2 Å². The maximum atomic E-state index is 12.3. The number of nitrogens with zero attached hydrogens (tertiary/aromatic N) is 1. The largest absolute Gasteiger partial charge is 0.496 e. The summed E-state index contributed by atoms with van der Waals surface area (Å²) in [5.41, 5.74) is 1.95. The first-order valence-corrected chi connectivity index (χ1v) is 6.74. The first-order valence-electron chi connectivity index (χ1n) is 6.74. The zero-order valence-electron chi connectivity index (χ0n) is 11.7. The molecule has 0 bridgehead atoms. The Morgan fingerprint density at radius 1 is 1.58 bits per heavy atom. The second-order valence-corrected chi connectivity index (χ2v) is 5.03. The SMILES string of the molecule is C=Cc1ccc(OC)c(CC(=O)N2CCC[C@H]2C)c1. The molecule has 1 fully saturated rings. The van der Waals surface area contributed by atoms with Gasteiger partial charge in [-0.1, -0.05) is 18.7 Å². The number of hydrogen-bond acceptors (Lipinski definition) is 2. The third-order valence-electron chi connectivity index (χ3n) is 3.76. The van der Waals surface area contributed by atoms with E-state index in [0.717, 1.165) is 36.3 Å². The topological polar surface area (TPSA) is 29.5 Å². The highest BCUT2D eigenvalue weighted by Crippen LogP contribution is 2.24. The van der Waals surface area contributed by atoms with Gasteiger partial charge in [0.25, 0.3) is 0 Å². The monoisotopic (exact) mass is 259 g/mol. The summed E-state index contributed by atoms with van der Waals surface area (Å²) in [5.74, 6) is 0.954. The fourth-order valence-electron chi connectivity index (χ4n) is 2.63. The molecule has 1 heterocycles. The molecule has 1 aromatic carbocycles. The summed E-state index contributed by atoms with van der Waals surface area (Å²) in [4.78, 5) is 14.3. The fraction of sp³-hybridized carbons (Fsp3) is 0.438. The maximum absolute atomic E-state index is 12.3. The Morgan fingerprint density at radius 2 is 2.37 bits per heavy atom. The third-order valence-corrected chi connectivity index (χ3v) is 3.76. The van der Waals surface area contributed by atoms with Crippen molar-refractivity contribution in [3.63, 3.8) is 0 Å². The summed E-state index contributed by atoms with van der Waals surface area (Å²) < 4.78 is 5.33. The third kappa shape index (κ3) is 2.98. The van der Waals surface area contributed by atoms with E-state index in [-0.39, 0.29) is 5.91 Å². The number of ether oxygens (including phenoxy) is 1. The van der Waals surface area contributed by atoms with Gasteiger partial charge in [0.05, 0.1) is 13.5 Å². The average Bonchev–Trinajstić information content (AvgIpc) is 2.85. The van der Waals surface area contributed by atoms with Gasteiger partial charge in [0.1, 0.15) is 5.75 Å². The quantitative estimate of drug-likeness (QED) is 0.832. The Hall–Kier alpha value is -1.77. The van der Waals surface area contributed by atoms with Gasteiger partial charge < -0.3 is 9.64 Å². The lowest BCUT2D eigenvalue weighted by atomic mass is 10.1. The molecule has 0 aliphatic carbocycles. The summed E-state index contributed by atoms with van der Waals surface area (Å²) >= 11 is 0. The van der Waals surface area contributed by atoms with Crippen molar-refractivity contribution in [2.75, 3.05) is 13.7 Å². The summed E-state index contributed by atoms with van der Waals surface area (Å²) in [7, 11) is 1.63. The summed E-state index contributed by atoms with van der Waals surface area (Å²) in [6.07, 6.45) is 4.40. The number of hydrogen-bond donors (Lipinski definition) is 0. The van der Waals surface area contributed by atoms with Crippen molar-refractivity contribution in [2.24, 2.45) is 0 Å². The van der Waals surface area contributed by atoms with Crippen molar-refractivity contribution in [1.82, 2.24) is 4.90 Å². The number of likely N-dealkylation sites (tertiary alicyclic amines) is 1. The summed E-state index contributed by atoms with van der Waals surface area (Å²) in [5, 5.41) is 0. The number of carbonyl (C=O) groups is 1. The lowest BCUT2D eigenvalue weighted by Gasteiger charge is -2.22. The number of rotatable bonds is 4. The zero-order valence-corrected chi connectivity index (χ0v) is 11.7. The van der Waals surface area contributed by atoms with Crippen LogP contribution >= 0.6 is 0 Å². The van der Waals surface area contributed by atoms with Crippen molar-refractivity contribution in [3.8, 4) is 5.75 Å². The van der Waals surface area contributed by atoms with Crippen LogP contribution in [0.3, 0.4) is 0 Å². The number of carbonyl (C=O) groups excluding carboxylic acids is 1. The van der Waals surface area contributed by atoms with E-state index < -0.39 is 0 Å². The van der Waals surface area contributed by atoms with Crippen molar-refractivity contribution in [1.29, 1.82) is 0 Å². The van der Waals surface area contributed by atoms with Crippen LogP contribution < -0.4 is 4.74 Å². The normalized spacial score (nSPS) is 18.4. The number of benzene rings is 1. The molecule has 0 aromatic heterocycles. The predicted molar refractivity (Wildman–Crippen MR) is 77.2 cm³/mol. The first kappa shape index (κ1) is 13.7. The Morgan fingerprint density at radius 3 is 2.95 bits per heavy atom. The minimum atomic E-state index is 0.185. The van der Waals surface area contributed by atoms with Crippen LogP contribution in [0.4, 0.5) is 0 Å². The standard InChI is InChI=1S/C16H21NO2/c1-4-13-7-8-15(19-3)14(10-13)11-16(18)17-9-5-6-12(17)2/h4,7-8,10,12H,1,5-6,9,11H2,2-3H3/t12-/m1/s1. The number of methoxy groups -OCH3 is 1. The van der Waals surface area contributed by atoms with Crippen molar-refractivity contribution < 1.29 is 9.53 Å². The molecular formula is C16H21NO2. The summed E-state index contributed by atoms with van der Waals surface area (Å²) in [6, 6.07) is 6.18. The van der Waals surface area contributed by atoms with Gasteiger partial charge in [0.15, 0.2) is 0 Å².